The molecule has 0 atom stereocenters. The summed E-state index contributed by atoms with van der Waals surface area (Å²) in [5.74, 6) is 0.227. The number of aromatic nitrogens is 2. The van der Waals surface area contributed by atoms with Gasteiger partial charge in [0.05, 0.1) is 0 Å². The molecule has 2 aromatic rings. The number of aromatic amines is 1. The molecule has 1 heterocycles. The van der Waals surface area contributed by atoms with E-state index < -0.39 is 0 Å². The summed E-state index contributed by atoms with van der Waals surface area (Å²) in [7, 11) is 1.77. The minimum Gasteiger partial charge on any atom is -0.382 e. The molecule has 3 N–H and O–H groups in total. The van der Waals surface area contributed by atoms with E-state index in [1.165, 1.54) is 5.56 Å². The van der Waals surface area contributed by atoms with E-state index in [0.29, 0.717) is 18.1 Å². The van der Waals surface area contributed by atoms with E-state index >= 15 is 0 Å². The highest BCUT2D eigenvalue weighted by atomic mass is 16.2. The van der Waals surface area contributed by atoms with Gasteiger partial charge in [-0.05, 0) is 12.0 Å². The first-order chi connectivity index (χ1) is 8.66. The van der Waals surface area contributed by atoms with Crippen LogP contribution in [-0.4, -0.2) is 34.6 Å². The molecule has 0 aliphatic heterocycles. The Morgan fingerprint density at radius 2 is 2.11 bits per heavy atom. The highest BCUT2D eigenvalue weighted by Gasteiger charge is 2.13. The first-order valence-corrected chi connectivity index (χ1v) is 5.77. The molecule has 0 aliphatic rings. The van der Waals surface area contributed by atoms with Crippen LogP contribution in [0.15, 0.2) is 36.4 Å². The molecular weight excluding hydrogens is 228 g/mol. The van der Waals surface area contributed by atoms with Gasteiger partial charge in [-0.3, -0.25) is 9.89 Å². The fourth-order valence-corrected chi connectivity index (χ4v) is 1.70. The van der Waals surface area contributed by atoms with Crippen LogP contribution >= 0.6 is 0 Å². The number of likely N-dealkylation sites (N-methyl/N-ethyl adjacent to an activating group) is 1. The summed E-state index contributed by atoms with van der Waals surface area (Å²) in [5.41, 5.74) is 7.10. The first kappa shape index (κ1) is 12.2. The lowest BCUT2D eigenvalue weighted by molar-refractivity contribution is 0.0791. The van der Waals surface area contributed by atoms with E-state index in [2.05, 4.69) is 10.2 Å². The zero-order valence-electron chi connectivity index (χ0n) is 10.3. The van der Waals surface area contributed by atoms with Gasteiger partial charge in [0.15, 0.2) is 0 Å². The van der Waals surface area contributed by atoms with Crippen molar-refractivity contribution in [2.24, 2.45) is 0 Å². The van der Waals surface area contributed by atoms with Gasteiger partial charge in [0.2, 0.25) is 0 Å². The van der Waals surface area contributed by atoms with Gasteiger partial charge >= 0.3 is 0 Å². The van der Waals surface area contributed by atoms with Gasteiger partial charge in [-0.1, -0.05) is 30.3 Å². The Hall–Kier alpha value is -2.30. The van der Waals surface area contributed by atoms with Crippen LogP contribution in [0, 0.1) is 0 Å². The number of carbonyl (C=O) groups is 1. The van der Waals surface area contributed by atoms with Crippen LogP contribution in [0.4, 0.5) is 5.82 Å². The van der Waals surface area contributed by atoms with Gasteiger partial charge in [0.1, 0.15) is 11.5 Å². The van der Waals surface area contributed by atoms with Crippen LogP contribution in [0.2, 0.25) is 0 Å². The Bertz CT molecular complexity index is 521. The van der Waals surface area contributed by atoms with E-state index in [1.54, 1.807) is 18.0 Å². The highest BCUT2D eigenvalue weighted by Crippen LogP contribution is 2.06. The summed E-state index contributed by atoms with van der Waals surface area (Å²) >= 11 is 0. The lowest BCUT2D eigenvalue weighted by Gasteiger charge is -2.15. The van der Waals surface area contributed by atoms with Crippen LogP contribution in [0.25, 0.3) is 0 Å². The predicted octanol–water partition coefficient (Wildman–Crippen LogP) is 1.31. The van der Waals surface area contributed by atoms with Gasteiger partial charge in [-0.15, -0.1) is 0 Å². The maximum absolute atomic E-state index is 12.0. The number of hydrogen-bond acceptors (Lipinski definition) is 3. The predicted molar refractivity (Wildman–Crippen MR) is 70.1 cm³/mol. The molecule has 94 valence electrons. The Kier molecular flexibility index (Phi) is 3.62. The Morgan fingerprint density at radius 3 is 2.72 bits per heavy atom. The molecule has 5 heteroatoms. The molecule has 0 bridgehead atoms. The van der Waals surface area contributed by atoms with Crippen molar-refractivity contribution in [1.82, 2.24) is 15.1 Å². The fourth-order valence-electron chi connectivity index (χ4n) is 1.70. The molecule has 1 aromatic heterocycles. The van der Waals surface area contributed by atoms with Gasteiger partial charge in [-0.2, -0.15) is 5.10 Å². The Balaban J connectivity index is 1.92. The van der Waals surface area contributed by atoms with Crippen molar-refractivity contribution in [2.75, 3.05) is 19.3 Å². The van der Waals surface area contributed by atoms with Gasteiger partial charge in [0.25, 0.3) is 5.91 Å². The number of carbonyl (C=O) groups excluding carboxylic acids is 1. The van der Waals surface area contributed by atoms with Crippen molar-refractivity contribution in [3.8, 4) is 0 Å². The number of hydrogen-bond donors (Lipinski definition) is 2. The van der Waals surface area contributed by atoms with E-state index in [0.717, 1.165) is 6.42 Å². The van der Waals surface area contributed by atoms with E-state index in [1.807, 2.05) is 30.3 Å². The number of rotatable bonds is 4. The van der Waals surface area contributed by atoms with Gasteiger partial charge < -0.3 is 10.6 Å². The molecule has 5 nitrogen and oxygen atoms in total. The number of nitrogens with one attached hydrogen (secondary N) is 1. The normalized spacial score (nSPS) is 10.3. The number of nitrogens with zero attached hydrogens (tertiary/aromatic N) is 2. The number of amides is 1. The highest BCUT2D eigenvalue weighted by molar-refractivity contribution is 5.92. The van der Waals surface area contributed by atoms with Crippen LogP contribution in [0.5, 0.6) is 0 Å². The number of nitrogen functional groups attached to an aromatic ring is 1. The third-order valence-electron chi connectivity index (χ3n) is 2.75. The van der Waals surface area contributed by atoms with E-state index in [9.17, 15) is 4.79 Å². The van der Waals surface area contributed by atoms with Crippen molar-refractivity contribution in [1.29, 1.82) is 0 Å². The average molecular weight is 244 g/mol. The smallest absolute Gasteiger partial charge is 0.271 e. The minimum atomic E-state index is -0.102. The second kappa shape index (κ2) is 5.35. The quantitative estimate of drug-likeness (QED) is 0.851. The van der Waals surface area contributed by atoms with Crippen molar-refractivity contribution >= 4 is 11.7 Å². The molecule has 0 saturated carbocycles. The molecule has 0 aliphatic carbocycles. The van der Waals surface area contributed by atoms with Crippen molar-refractivity contribution < 1.29 is 4.79 Å². The summed E-state index contributed by atoms with van der Waals surface area (Å²) in [4.78, 5) is 13.6. The van der Waals surface area contributed by atoms with Crippen molar-refractivity contribution in [2.45, 2.75) is 6.42 Å². The molecule has 2 rings (SSSR count). The van der Waals surface area contributed by atoms with Crippen molar-refractivity contribution in [3.05, 3.63) is 47.7 Å². The monoisotopic (exact) mass is 244 g/mol. The molecular formula is C13H16N4O. The van der Waals surface area contributed by atoms with E-state index in [-0.39, 0.29) is 5.91 Å². The summed E-state index contributed by atoms with van der Waals surface area (Å²) < 4.78 is 0. The standard InChI is InChI=1S/C13H16N4O/c1-17(8-7-10-5-3-2-4-6-10)13(18)11-9-12(14)16-15-11/h2-6,9H,7-8H2,1H3,(H3,14,15,16). The summed E-state index contributed by atoms with van der Waals surface area (Å²) in [6, 6.07) is 11.6. The topological polar surface area (TPSA) is 75.0 Å². The summed E-state index contributed by atoms with van der Waals surface area (Å²) in [6.45, 7) is 0.655. The van der Waals surface area contributed by atoms with Crippen LogP contribution < -0.4 is 5.73 Å². The van der Waals surface area contributed by atoms with Crippen molar-refractivity contribution in [3.63, 3.8) is 0 Å². The molecule has 0 fully saturated rings. The third kappa shape index (κ3) is 2.88. The van der Waals surface area contributed by atoms with Gasteiger partial charge in [0, 0.05) is 19.7 Å². The Labute approximate surface area is 106 Å². The number of benzene rings is 1. The number of nitrogens with two attached hydrogens (primary N) is 1. The van der Waals surface area contributed by atoms with Crippen LogP contribution in [0.1, 0.15) is 16.1 Å². The lowest BCUT2D eigenvalue weighted by Crippen LogP contribution is -2.29. The summed E-state index contributed by atoms with van der Waals surface area (Å²) in [5, 5.41) is 6.36. The maximum Gasteiger partial charge on any atom is 0.271 e. The van der Waals surface area contributed by atoms with Crippen LogP contribution in [0.3, 0.4) is 0 Å². The summed E-state index contributed by atoms with van der Waals surface area (Å²) in [6.07, 6.45) is 0.826. The molecule has 0 radical (unpaired) electrons. The molecule has 0 unspecified atom stereocenters. The Morgan fingerprint density at radius 1 is 1.39 bits per heavy atom. The molecule has 0 spiro atoms. The maximum atomic E-state index is 12.0. The minimum absolute atomic E-state index is 0.102. The second-order valence-corrected chi connectivity index (χ2v) is 4.17. The molecule has 1 aromatic carbocycles. The molecule has 0 saturated heterocycles. The van der Waals surface area contributed by atoms with Crippen LogP contribution in [-0.2, 0) is 6.42 Å². The first-order valence-electron chi connectivity index (χ1n) is 5.77. The molecule has 1 amide bonds. The largest absolute Gasteiger partial charge is 0.382 e. The third-order valence-corrected chi connectivity index (χ3v) is 2.75. The SMILES string of the molecule is CN(CCc1ccccc1)C(=O)c1cc(N)n[nH]1. The molecule has 18 heavy (non-hydrogen) atoms. The van der Waals surface area contributed by atoms with E-state index in [4.69, 9.17) is 5.73 Å². The average Bonchev–Trinajstić information content (AvgIpc) is 2.83. The second-order valence-electron chi connectivity index (χ2n) is 4.17. The van der Waals surface area contributed by atoms with Gasteiger partial charge in [-0.25, -0.2) is 0 Å². The zero-order valence-corrected chi connectivity index (χ0v) is 10.3. The lowest BCUT2D eigenvalue weighted by atomic mass is 10.1. The number of anilines is 1. The number of H-pyrrole nitrogens is 1. The zero-order chi connectivity index (χ0) is 13.0. The fraction of sp³-hybridized carbons (Fsp3) is 0.231.